The fraction of sp³-hybridized carbons (Fsp3) is 0.400. The third-order valence-electron chi connectivity index (χ3n) is 1.22. The Hall–Kier alpha value is -1.30. The monoisotopic (exact) mass is 193 g/mol. The first-order valence-electron chi connectivity index (χ1n) is 2.94. The van der Waals surface area contributed by atoms with Gasteiger partial charge in [-0.15, -0.1) is 11.6 Å². The third-order valence-corrected chi connectivity index (χ3v) is 1.56. The topological polar surface area (TPSA) is 83.9 Å². The predicted molar refractivity (Wildman–Crippen MR) is 35.2 cm³/mol. The van der Waals surface area contributed by atoms with Gasteiger partial charge in [0, 0.05) is 0 Å². The van der Waals surface area contributed by atoms with Crippen LogP contribution in [0.5, 0.6) is 0 Å². The average Bonchev–Trinajstić information content (AvgIpc) is 2.16. The maximum Gasteiger partial charge on any atom is 0.531 e. The molecule has 6 nitrogen and oxygen atoms in total. The van der Waals surface area contributed by atoms with E-state index in [2.05, 4.69) is 4.84 Å². The second-order valence-electron chi connectivity index (χ2n) is 2.06. The van der Waals surface area contributed by atoms with Crippen molar-refractivity contribution < 1.29 is 24.3 Å². The van der Waals surface area contributed by atoms with Crippen molar-refractivity contribution in [2.45, 2.75) is 11.8 Å². The van der Waals surface area contributed by atoms with Crippen LogP contribution in [0.1, 0.15) is 6.42 Å². The average molecular weight is 194 g/mol. The molecule has 0 saturated carbocycles. The summed E-state index contributed by atoms with van der Waals surface area (Å²) in [6, 6.07) is 0. The molecule has 66 valence electrons. The van der Waals surface area contributed by atoms with Crippen molar-refractivity contribution in [3.63, 3.8) is 0 Å². The zero-order chi connectivity index (χ0) is 9.30. The van der Waals surface area contributed by atoms with Crippen LogP contribution in [0.25, 0.3) is 0 Å². The van der Waals surface area contributed by atoms with Crippen molar-refractivity contribution in [2.75, 3.05) is 0 Å². The van der Waals surface area contributed by atoms with E-state index in [9.17, 15) is 14.4 Å². The van der Waals surface area contributed by atoms with E-state index in [-0.39, 0.29) is 11.5 Å². The van der Waals surface area contributed by atoms with Crippen molar-refractivity contribution in [1.82, 2.24) is 5.06 Å². The highest BCUT2D eigenvalue weighted by Gasteiger charge is 2.40. The molecule has 1 heterocycles. The minimum atomic E-state index is -1.72. The Morgan fingerprint density at radius 3 is 2.58 bits per heavy atom. The fourth-order valence-electron chi connectivity index (χ4n) is 0.748. The number of imide groups is 1. The third kappa shape index (κ3) is 1.48. The SMILES string of the molecule is O=C(O)ON1C(=O)CC(Cl)C1=O. The molecule has 1 atom stereocenters. The van der Waals surface area contributed by atoms with E-state index in [1.807, 2.05) is 0 Å². The summed E-state index contributed by atoms with van der Waals surface area (Å²) in [5.41, 5.74) is 0. The highest BCUT2D eigenvalue weighted by Crippen LogP contribution is 2.18. The van der Waals surface area contributed by atoms with Gasteiger partial charge >= 0.3 is 6.16 Å². The van der Waals surface area contributed by atoms with Crippen LogP contribution in [0, 0.1) is 0 Å². The summed E-state index contributed by atoms with van der Waals surface area (Å²) in [5, 5.41) is 7.22. The first-order chi connectivity index (χ1) is 5.52. The Labute approximate surface area is 71.6 Å². The lowest BCUT2D eigenvalue weighted by Crippen LogP contribution is -2.32. The lowest BCUT2D eigenvalue weighted by molar-refractivity contribution is -0.175. The van der Waals surface area contributed by atoms with Crippen molar-refractivity contribution in [3.8, 4) is 0 Å². The molecule has 1 saturated heterocycles. The molecule has 0 radical (unpaired) electrons. The van der Waals surface area contributed by atoms with E-state index >= 15 is 0 Å². The van der Waals surface area contributed by atoms with Crippen molar-refractivity contribution in [2.24, 2.45) is 0 Å². The van der Waals surface area contributed by atoms with Gasteiger partial charge in [0.15, 0.2) is 0 Å². The van der Waals surface area contributed by atoms with Crippen LogP contribution >= 0.6 is 11.6 Å². The molecule has 2 amide bonds. The van der Waals surface area contributed by atoms with Crippen LogP contribution in [0.3, 0.4) is 0 Å². The molecule has 1 fully saturated rings. The van der Waals surface area contributed by atoms with E-state index in [0.29, 0.717) is 0 Å². The van der Waals surface area contributed by atoms with Gasteiger partial charge in [-0.2, -0.15) is 0 Å². The maximum atomic E-state index is 10.8. The molecule has 0 aromatic carbocycles. The lowest BCUT2D eigenvalue weighted by atomic mass is 10.4. The molecule has 1 aliphatic heterocycles. The van der Waals surface area contributed by atoms with Crippen molar-refractivity contribution >= 4 is 29.6 Å². The largest absolute Gasteiger partial charge is 0.531 e. The summed E-state index contributed by atoms with van der Waals surface area (Å²) in [6.07, 6.45) is -1.95. The molecule has 0 spiro atoms. The first kappa shape index (κ1) is 8.79. The van der Waals surface area contributed by atoms with Crippen LogP contribution < -0.4 is 0 Å². The standard InChI is InChI=1S/C5H4ClNO5/c6-2-1-3(8)7(4(2)9)12-5(10)11/h2H,1H2,(H,10,11). The molecule has 0 aromatic rings. The Bertz CT molecular complexity index is 252. The van der Waals surface area contributed by atoms with Crippen molar-refractivity contribution in [1.29, 1.82) is 0 Å². The molecule has 1 N–H and O–H groups in total. The lowest BCUT2D eigenvalue weighted by Gasteiger charge is -2.08. The van der Waals surface area contributed by atoms with E-state index in [0.717, 1.165) is 0 Å². The number of hydroxylamine groups is 2. The van der Waals surface area contributed by atoms with Crippen LogP contribution in [0.15, 0.2) is 0 Å². The van der Waals surface area contributed by atoms with Gasteiger partial charge in [-0.1, -0.05) is 5.06 Å². The predicted octanol–water partition coefficient (Wildman–Crippen LogP) is -0.0377. The number of carboxylic acid groups (broad SMARTS) is 1. The summed E-state index contributed by atoms with van der Waals surface area (Å²) in [4.78, 5) is 35.4. The van der Waals surface area contributed by atoms with E-state index in [1.54, 1.807) is 0 Å². The number of nitrogens with zero attached hydrogens (tertiary/aromatic N) is 1. The molecule has 12 heavy (non-hydrogen) atoms. The van der Waals surface area contributed by atoms with Gasteiger partial charge in [0.25, 0.3) is 11.8 Å². The van der Waals surface area contributed by atoms with Gasteiger partial charge in [-0.25, -0.2) is 4.79 Å². The number of hydrogen-bond acceptors (Lipinski definition) is 4. The van der Waals surface area contributed by atoms with Gasteiger partial charge in [0.05, 0.1) is 6.42 Å². The number of hydrogen-bond donors (Lipinski definition) is 1. The molecular formula is C5H4ClNO5. The molecule has 1 unspecified atom stereocenters. The molecule has 1 aliphatic rings. The number of carbonyl (C=O) groups excluding carboxylic acids is 2. The second-order valence-corrected chi connectivity index (χ2v) is 2.58. The van der Waals surface area contributed by atoms with Gasteiger partial charge in [-0.05, 0) is 0 Å². The van der Waals surface area contributed by atoms with E-state index in [4.69, 9.17) is 16.7 Å². The quantitative estimate of drug-likeness (QED) is 0.467. The van der Waals surface area contributed by atoms with Crippen LogP contribution in [0.2, 0.25) is 0 Å². The van der Waals surface area contributed by atoms with Crippen LogP contribution in [-0.4, -0.2) is 33.5 Å². The van der Waals surface area contributed by atoms with Crippen LogP contribution in [0.4, 0.5) is 4.79 Å². The second kappa shape index (κ2) is 2.98. The smallest absolute Gasteiger partial charge is 0.448 e. The first-order valence-corrected chi connectivity index (χ1v) is 3.38. The Morgan fingerprint density at radius 1 is 1.67 bits per heavy atom. The minimum Gasteiger partial charge on any atom is -0.448 e. The highest BCUT2D eigenvalue weighted by atomic mass is 35.5. The number of amides is 2. The van der Waals surface area contributed by atoms with Gasteiger partial charge in [0.1, 0.15) is 5.38 Å². The zero-order valence-corrected chi connectivity index (χ0v) is 6.45. The number of carbonyl (C=O) groups is 3. The van der Waals surface area contributed by atoms with Gasteiger partial charge in [-0.3, -0.25) is 14.4 Å². The Kier molecular flexibility index (Phi) is 2.18. The summed E-state index contributed by atoms with van der Waals surface area (Å²) in [6.45, 7) is 0. The summed E-state index contributed by atoms with van der Waals surface area (Å²) < 4.78 is 0. The molecule has 0 aliphatic carbocycles. The zero-order valence-electron chi connectivity index (χ0n) is 5.69. The molecule has 0 bridgehead atoms. The van der Waals surface area contributed by atoms with Crippen LogP contribution in [-0.2, 0) is 14.4 Å². The Morgan fingerprint density at radius 2 is 2.25 bits per heavy atom. The number of halogens is 1. The highest BCUT2D eigenvalue weighted by molar-refractivity contribution is 6.35. The molecule has 0 aromatic heterocycles. The Balaban J connectivity index is 2.70. The normalized spacial score (nSPS) is 23.1. The van der Waals surface area contributed by atoms with Gasteiger partial charge < -0.3 is 5.11 Å². The summed E-state index contributed by atoms with van der Waals surface area (Å²) >= 11 is 5.35. The molecule has 1 rings (SSSR count). The number of alkyl halides is 1. The maximum absolute atomic E-state index is 10.8. The van der Waals surface area contributed by atoms with Gasteiger partial charge in [0.2, 0.25) is 0 Å². The van der Waals surface area contributed by atoms with E-state index in [1.165, 1.54) is 0 Å². The van der Waals surface area contributed by atoms with E-state index < -0.39 is 23.3 Å². The van der Waals surface area contributed by atoms with Crippen molar-refractivity contribution in [3.05, 3.63) is 0 Å². The number of rotatable bonds is 1. The molecule has 7 heteroatoms. The summed E-state index contributed by atoms with van der Waals surface area (Å²) in [7, 11) is 0. The molecular weight excluding hydrogens is 190 g/mol. The summed E-state index contributed by atoms with van der Waals surface area (Å²) in [5.74, 6) is -1.59. The fourth-order valence-corrected chi connectivity index (χ4v) is 0.968. The minimum absolute atomic E-state index is 0.153.